The fraction of sp³-hybridized carbons (Fsp3) is 0.188. The number of oxime groups is 1. The average molecular weight is 308 g/mol. The molecule has 0 spiro atoms. The minimum Gasteiger partial charge on any atom is -0.489 e. The van der Waals surface area contributed by atoms with E-state index in [4.69, 9.17) is 21.5 Å². The third kappa shape index (κ3) is 3.95. The molecule has 0 saturated carbocycles. The molecular formula is C16H15ClFNO2. The minimum absolute atomic E-state index is 0.185. The third-order valence-electron chi connectivity index (χ3n) is 3.05. The van der Waals surface area contributed by atoms with Gasteiger partial charge in [-0.2, -0.15) is 0 Å². The standard InChI is InChI=1S/C16H15ClFNO2/c1-2-16(19-20)11-3-6-14(7-4-11)21-10-12-9-13(18)5-8-15(12)17/h3-9,20H,2,10H2,1H3/b19-16-. The third-order valence-corrected chi connectivity index (χ3v) is 3.41. The Labute approximate surface area is 127 Å². The van der Waals surface area contributed by atoms with Gasteiger partial charge in [-0.15, -0.1) is 0 Å². The Morgan fingerprint density at radius 3 is 2.57 bits per heavy atom. The van der Waals surface area contributed by atoms with Gasteiger partial charge in [-0.05, 0) is 54.4 Å². The van der Waals surface area contributed by atoms with Gasteiger partial charge in [0.2, 0.25) is 0 Å². The van der Waals surface area contributed by atoms with Gasteiger partial charge in [-0.1, -0.05) is 23.7 Å². The molecule has 0 heterocycles. The molecule has 110 valence electrons. The summed E-state index contributed by atoms with van der Waals surface area (Å²) < 4.78 is 18.7. The molecular weight excluding hydrogens is 293 g/mol. The van der Waals surface area contributed by atoms with Crippen LogP contribution in [0.4, 0.5) is 4.39 Å². The molecule has 21 heavy (non-hydrogen) atoms. The highest BCUT2D eigenvalue weighted by molar-refractivity contribution is 6.31. The summed E-state index contributed by atoms with van der Waals surface area (Å²) in [7, 11) is 0. The van der Waals surface area contributed by atoms with Crippen LogP contribution in [-0.4, -0.2) is 10.9 Å². The van der Waals surface area contributed by atoms with Gasteiger partial charge in [0.1, 0.15) is 18.2 Å². The summed E-state index contributed by atoms with van der Waals surface area (Å²) in [6.07, 6.45) is 0.635. The van der Waals surface area contributed by atoms with E-state index in [0.29, 0.717) is 28.5 Å². The number of halogens is 2. The number of hydrogen-bond acceptors (Lipinski definition) is 3. The van der Waals surface area contributed by atoms with E-state index in [2.05, 4.69) is 5.16 Å². The molecule has 0 aliphatic carbocycles. The molecule has 0 aliphatic rings. The molecule has 0 aliphatic heterocycles. The van der Waals surface area contributed by atoms with Crippen molar-refractivity contribution in [1.82, 2.24) is 0 Å². The zero-order valence-electron chi connectivity index (χ0n) is 11.5. The second-order valence-electron chi connectivity index (χ2n) is 4.45. The molecule has 0 saturated heterocycles. The van der Waals surface area contributed by atoms with E-state index in [9.17, 15) is 4.39 Å². The minimum atomic E-state index is -0.347. The summed E-state index contributed by atoms with van der Waals surface area (Å²) in [6.45, 7) is 2.09. The highest BCUT2D eigenvalue weighted by Gasteiger charge is 2.05. The number of benzene rings is 2. The molecule has 0 amide bonds. The summed E-state index contributed by atoms with van der Waals surface area (Å²) in [4.78, 5) is 0. The monoisotopic (exact) mass is 307 g/mol. The Balaban J connectivity index is 2.05. The second-order valence-corrected chi connectivity index (χ2v) is 4.86. The van der Waals surface area contributed by atoms with Gasteiger partial charge >= 0.3 is 0 Å². The normalized spacial score (nSPS) is 11.5. The van der Waals surface area contributed by atoms with Crippen LogP contribution in [0.15, 0.2) is 47.6 Å². The Morgan fingerprint density at radius 2 is 1.95 bits per heavy atom. The van der Waals surface area contributed by atoms with Crippen molar-refractivity contribution in [2.45, 2.75) is 20.0 Å². The van der Waals surface area contributed by atoms with Crippen LogP contribution < -0.4 is 4.74 Å². The van der Waals surface area contributed by atoms with Gasteiger partial charge in [-0.3, -0.25) is 0 Å². The van der Waals surface area contributed by atoms with Gasteiger partial charge in [-0.25, -0.2) is 4.39 Å². The first-order valence-corrected chi connectivity index (χ1v) is 6.90. The topological polar surface area (TPSA) is 41.8 Å². The van der Waals surface area contributed by atoms with Crippen LogP contribution in [0.1, 0.15) is 24.5 Å². The van der Waals surface area contributed by atoms with E-state index >= 15 is 0 Å². The average Bonchev–Trinajstić information content (AvgIpc) is 2.51. The lowest BCUT2D eigenvalue weighted by molar-refractivity contribution is 0.305. The predicted octanol–water partition coefficient (Wildman–Crippen LogP) is 4.65. The first-order chi connectivity index (χ1) is 10.1. The molecule has 0 radical (unpaired) electrons. The quantitative estimate of drug-likeness (QED) is 0.496. The van der Waals surface area contributed by atoms with Crippen molar-refractivity contribution in [2.24, 2.45) is 5.16 Å². The van der Waals surface area contributed by atoms with Crippen molar-refractivity contribution in [2.75, 3.05) is 0 Å². The maximum absolute atomic E-state index is 13.1. The molecule has 0 atom stereocenters. The summed E-state index contributed by atoms with van der Waals surface area (Å²) in [5.41, 5.74) is 2.03. The zero-order valence-corrected chi connectivity index (χ0v) is 12.3. The van der Waals surface area contributed by atoms with Crippen molar-refractivity contribution in [1.29, 1.82) is 0 Å². The van der Waals surface area contributed by atoms with Crippen LogP contribution in [0.25, 0.3) is 0 Å². The molecule has 0 aromatic heterocycles. The van der Waals surface area contributed by atoms with Crippen LogP contribution in [-0.2, 0) is 6.61 Å². The van der Waals surface area contributed by atoms with Crippen molar-refractivity contribution in [3.8, 4) is 5.75 Å². The summed E-state index contributed by atoms with van der Waals surface area (Å²) in [5, 5.41) is 12.6. The molecule has 5 heteroatoms. The number of hydrogen-bond donors (Lipinski definition) is 1. The Kier molecular flexibility index (Phi) is 5.17. The number of nitrogens with zero attached hydrogens (tertiary/aromatic N) is 1. The van der Waals surface area contributed by atoms with Gasteiger partial charge in [0.05, 0.1) is 5.71 Å². The number of ether oxygens (including phenoxy) is 1. The van der Waals surface area contributed by atoms with E-state index in [0.717, 1.165) is 5.56 Å². The number of rotatable bonds is 5. The van der Waals surface area contributed by atoms with Crippen LogP contribution >= 0.6 is 11.6 Å². The molecule has 2 aromatic rings. The maximum Gasteiger partial charge on any atom is 0.123 e. The summed E-state index contributed by atoms with van der Waals surface area (Å²) >= 11 is 5.98. The second kappa shape index (κ2) is 7.09. The van der Waals surface area contributed by atoms with Crippen molar-refractivity contribution in [3.05, 3.63) is 64.4 Å². The van der Waals surface area contributed by atoms with Gasteiger partial charge in [0.15, 0.2) is 0 Å². The van der Waals surface area contributed by atoms with Crippen molar-refractivity contribution < 1.29 is 14.3 Å². The van der Waals surface area contributed by atoms with Crippen molar-refractivity contribution in [3.63, 3.8) is 0 Å². The highest BCUT2D eigenvalue weighted by Crippen LogP contribution is 2.20. The van der Waals surface area contributed by atoms with Crippen molar-refractivity contribution >= 4 is 17.3 Å². The molecule has 2 aromatic carbocycles. The smallest absolute Gasteiger partial charge is 0.123 e. The summed E-state index contributed by atoms with van der Waals surface area (Å²) in [6, 6.07) is 11.3. The largest absolute Gasteiger partial charge is 0.489 e. The fourth-order valence-electron chi connectivity index (χ4n) is 1.89. The Hall–Kier alpha value is -2.07. The molecule has 1 N–H and O–H groups in total. The molecule has 0 bridgehead atoms. The van der Waals surface area contributed by atoms with Crippen LogP contribution in [0.3, 0.4) is 0 Å². The lowest BCUT2D eigenvalue weighted by Crippen LogP contribution is -2.00. The molecule has 3 nitrogen and oxygen atoms in total. The predicted molar refractivity (Wildman–Crippen MR) is 80.8 cm³/mol. The maximum atomic E-state index is 13.1. The molecule has 2 rings (SSSR count). The van der Waals surface area contributed by atoms with Crippen LogP contribution in [0, 0.1) is 5.82 Å². The van der Waals surface area contributed by atoms with E-state index in [1.54, 1.807) is 24.3 Å². The van der Waals surface area contributed by atoms with Crippen LogP contribution in [0.5, 0.6) is 5.75 Å². The van der Waals surface area contributed by atoms with Crippen LogP contribution in [0.2, 0.25) is 5.02 Å². The zero-order chi connectivity index (χ0) is 15.2. The SMILES string of the molecule is CC/C(=N/O)c1ccc(OCc2cc(F)ccc2Cl)cc1. The lowest BCUT2D eigenvalue weighted by Gasteiger charge is -2.09. The molecule has 0 unspecified atom stereocenters. The first kappa shape index (κ1) is 15.3. The van der Waals surface area contributed by atoms with E-state index < -0.39 is 0 Å². The first-order valence-electron chi connectivity index (χ1n) is 6.52. The fourth-order valence-corrected chi connectivity index (χ4v) is 2.06. The highest BCUT2D eigenvalue weighted by atomic mass is 35.5. The van der Waals surface area contributed by atoms with E-state index in [1.807, 2.05) is 6.92 Å². The van der Waals surface area contributed by atoms with Gasteiger partial charge in [0, 0.05) is 10.6 Å². The molecule has 0 fully saturated rings. The summed E-state index contributed by atoms with van der Waals surface area (Å²) in [5.74, 6) is 0.285. The Morgan fingerprint density at radius 1 is 1.24 bits per heavy atom. The lowest BCUT2D eigenvalue weighted by atomic mass is 10.1. The van der Waals surface area contributed by atoms with Gasteiger partial charge in [0.25, 0.3) is 0 Å². The van der Waals surface area contributed by atoms with Gasteiger partial charge < -0.3 is 9.94 Å². The van der Waals surface area contributed by atoms with E-state index in [1.165, 1.54) is 18.2 Å². The Bertz CT molecular complexity index is 641. The van der Waals surface area contributed by atoms with E-state index in [-0.39, 0.29) is 12.4 Å².